The van der Waals surface area contributed by atoms with Gasteiger partial charge in [0, 0.05) is 6.04 Å². The molecule has 1 aliphatic heterocycles. The van der Waals surface area contributed by atoms with Gasteiger partial charge in [-0.2, -0.15) is 0 Å². The molecule has 7 heteroatoms. The molecule has 0 saturated heterocycles. The van der Waals surface area contributed by atoms with Crippen molar-refractivity contribution in [3.8, 4) is 5.75 Å². The summed E-state index contributed by atoms with van der Waals surface area (Å²) in [5.74, 6) is -0.441. The van der Waals surface area contributed by atoms with Crippen LogP contribution in [0.5, 0.6) is 5.75 Å². The first-order valence-corrected chi connectivity index (χ1v) is 7.24. The lowest BCUT2D eigenvalue weighted by atomic mass is 10.1. The molecule has 1 aliphatic carbocycles. The minimum absolute atomic E-state index is 0.0831. The van der Waals surface area contributed by atoms with E-state index in [0.717, 1.165) is 12.8 Å². The lowest BCUT2D eigenvalue weighted by Crippen LogP contribution is -2.43. The number of fused-ring (bicyclic) bond motifs is 1. The van der Waals surface area contributed by atoms with E-state index in [1.165, 1.54) is 0 Å². The van der Waals surface area contributed by atoms with E-state index in [2.05, 4.69) is 16.0 Å². The molecule has 0 unspecified atom stereocenters. The number of rotatable bonds is 5. The van der Waals surface area contributed by atoms with Crippen LogP contribution in [0.15, 0.2) is 24.3 Å². The fourth-order valence-electron chi connectivity index (χ4n) is 2.15. The summed E-state index contributed by atoms with van der Waals surface area (Å²) in [6.07, 6.45) is 0.975. The van der Waals surface area contributed by atoms with Crippen molar-refractivity contribution >= 4 is 23.4 Å². The van der Waals surface area contributed by atoms with Crippen LogP contribution in [0.2, 0.25) is 0 Å². The number of benzene rings is 1. The Morgan fingerprint density at radius 1 is 1.23 bits per heavy atom. The molecular weight excluding hydrogens is 286 g/mol. The van der Waals surface area contributed by atoms with E-state index in [4.69, 9.17) is 4.74 Å². The largest absolute Gasteiger partial charge is 0.478 e. The Morgan fingerprint density at radius 3 is 2.77 bits per heavy atom. The highest BCUT2D eigenvalue weighted by Gasteiger charge is 2.29. The summed E-state index contributed by atoms with van der Waals surface area (Å²) < 4.78 is 5.52. The topological polar surface area (TPSA) is 96.5 Å². The van der Waals surface area contributed by atoms with Gasteiger partial charge in [0.2, 0.25) is 11.8 Å². The Kier molecular flexibility index (Phi) is 3.95. The Labute approximate surface area is 127 Å². The lowest BCUT2D eigenvalue weighted by molar-refractivity contribution is -0.131. The highest BCUT2D eigenvalue weighted by Crippen LogP contribution is 2.29. The Hall–Kier alpha value is -2.57. The van der Waals surface area contributed by atoms with Gasteiger partial charge >= 0.3 is 0 Å². The number of carbonyl (C=O) groups excluding carboxylic acids is 3. The Balaban J connectivity index is 1.49. The van der Waals surface area contributed by atoms with Gasteiger partial charge in [0.25, 0.3) is 5.91 Å². The van der Waals surface area contributed by atoms with Gasteiger partial charge in [-0.1, -0.05) is 12.1 Å². The van der Waals surface area contributed by atoms with Crippen molar-refractivity contribution in [1.82, 2.24) is 10.6 Å². The second kappa shape index (κ2) is 6.05. The zero-order valence-corrected chi connectivity index (χ0v) is 11.9. The fraction of sp³-hybridized carbons (Fsp3) is 0.400. The van der Waals surface area contributed by atoms with E-state index in [-0.39, 0.29) is 30.8 Å². The quantitative estimate of drug-likeness (QED) is 0.722. The predicted molar refractivity (Wildman–Crippen MR) is 78.3 cm³/mol. The van der Waals surface area contributed by atoms with Crippen molar-refractivity contribution in [3.63, 3.8) is 0 Å². The predicted octanol–water partition coefficient (Wildman–Crippen LogP) is 0.171. The third-order valence-electron chi connectivity index (χ3n) is 3.47. The van der Waals surface area contributed by atoms with E-state index in [1.54, 1.807) is 24.3 Å². The maximum atomic E-state index is 11.9. The van der Waals surface area contributed by atoms with Crippen molar-refractivity contribution in [2.75, 3.05) is 11.9 Å². The molecule has 7 nitrogen and oxygen atoms in total. The average molecular weight is 303 g/mol. The van der Waals surface area contributed by atoms with Crippen LogP contribution in [-0.2, 0) is 14.4 Å². The summed E-state index contributed by atoms with van der Waals surface area (Å²) in [4.78, 5) is 35.2. The van der Waals surface area contributed by atoms with Crippen LogP contribution in [0.3, 0.4) is 0 Å². The SMILES string of the molecule is O=C(C[C@H]1Oc2ccccc2NC1=O)NCC(=O)NC1CC1. The normalized spacial score (nSPS) is 19.5. The van der Waals surface area contributed by atoms with Crippen LogP contribution in [0.25, 0.3) is 0 Å². The van der Waals surface area contributed by atoms with Crippen LogP contribution in [0, 0.1) is 0 Å². The summed E-state index contributed by atoms with van der Waals surface area (Å²) in [5, 5.41) is 7.96. The van der Waals surface area contributed by atoms with Crippen molar-refractivity contribution in [1.29, 1.82) is 0 Å². The number of nitrogens with one attached hydrogen (secondary N) is 3. The second-order valence-corrected chi connectivity index (χ2v) is 5.41. The number of para-hydroxylation sites is 2. The standard InChI is InChI=1S/C15H17N3O4/c19-13(16-8-14(20)17-9-5-6-9)7-12-15(21)18-10-3-1-2-4-11(10)22-12/h1-4,9,12H,5-8H2,(H,16,19)(H,17,20)(H,18,21)/t12-/m1/s1. The minimum atomic E-state index is -0.888. The van der Waals surface area contributed by atoms with Gasteiger partial charge in [-0.05, 0) is 25.0 Å². The fourth-order valence-corrected chi connectivity index (χ4v) is 2.15. The summed E-state index contributed by atoms with van der Waals surface area (Å²) in [6, 6.07) is 7.28. The number of hydrogen-bond acceptors (Lipinski definition) is 4. The van der Waals surface area contributed by atoms with E-state index in [9.17, 15) is 14.4 Å². The molecule has 0 radical (unpaired) electrons. The smallest absolute Gasteiger partial charge is 0.266 e. The molecular formula is C15H17N3O4. The first-order chi connectivity index (χ1) is 10.6. The molecule has 1 aromatic carbocycles. The maximum absolute atomic E-state index is 11.9. The van der Waals surface area contributed by atoms with Gasteiger partial charge in [-0.3, -0.25) is 14.4 Å². The van der Waals surface area contributed by atoms with Crippen molar-refractivity contribution < 1.29 is 19.1 Å². The van der Waals surface area contributed by atoms with Crippen molar-refractivity contribution in [3.05, 3.63) is 24.3 Å². The molecule has 3 rings (SSSR count). The van der Waals surface area contributed by atoms with Gasteiger partial charge in [0.1, 0.15) is 5.75 Å². The monoisotopic (exact) mass is 303 g/mol. The van der Waals surface area contributed by atoms with E-state index >= 15 is 0 Å². The Bertz CT molecular complexity index is 613. The molecule has 2 aliphatic rings. The molecule has 0 aromatic heterocycles. The first-order valence-electron chi connectivity index (χ1n) is 7.24. The van der Waals surface area contributed by atoms with Crippen LogP contribution in [0.1, 0.15) is 19.3 Å². The molecule has 3 amide bonds. The summed E-state index contributed by atoms with van der Waals surface area (Å²) in [5.41, 5.74) is 0.591. The summed E-state index contributed by atoms with van der Waals surface area (Å²) in [6.45, 7) is -0.0831. The number of amides is 3. The third-order valence-corrected chi connectivity index (χ3v) is 3.47. The molecule has 22 heavy (non-hydrogen) atoms. The van der Waals surface area contributed by atoms with Crippen LogP contribution in [0.4, 0.5) is 5.69 Å². The Morgan fingerprint density at radius 2 is 2.00 bits per heavy atom. The van der Waals surface area contributed by atoms with E-state index in [1.807, 2.05) is 0 Å². The van der Waals surface area contributed by atoms with E-state index < -0.39 is 12.0 Å². The van der Waals surface area contributed by atoms with E-state index in [0.29, 0.717) is 11.4 Å². The average Bonchev–Trinajstić information content (AvgIpc) is 3.30. The molecule has 0 bridgehead atoms. The molecule has 3 N–H and O–H groups in total. The van der Waals surface area contributed by atoms with Crippen LogP contribution in [-0.4, -0.2) is 36.4 Å². The molecule has 116 valence electrons. The second-order valence-electron chi connectivity index (χ2n) is 5.41. The van der Waals surface area contributed by atoms with Crippen molar-refractivity contribution in [2.24, 2.45) is 0 Å². The first kappa shape index (κ1) is 14.4. The maximum Gasteiger partial charge on any atom is 0.266 e. The molecule has 1 saturated carbocycles. The molecule has 0 spiro atoms. The molecule has 1 fully saturated rings. The highest BCUT2D eigenvalue weighted by molar-refractivity contribution is 6.00. The zero-order chi connectivity index (χ0) is 15.5. The molecule has 1 heterocycles. The van der Waals surface area contributed by atoms with Crippen molar-refractivity contribution in [2.45, 2.75) is 31.4 Å². The molecule has 1 atom stereocenters. The minimum Gasteiger partial charge on any atom is -0.478 e. The summed E-state index contributed by atoms with van der Waals surface area (Å²) >= 11 is 0. The highest BCUT2D eigenvalue weighted by atomic mass is 16.5. The van der Waals surface area contributed by atoms with Gasteiger partial charge in [-0.15, -0.1) is 0 Å². The van der Waals surface area contributed by atoms with Gasteiger partial charge in [0.05, 0.1) is 18.7 Å². The number of anilines is 1. The van der Waals surface area contributed by atoms with Crippen LogP contribution < -0.4 is 20.7 Å². The number of carbonyl (C=O) groups is 3. The molecule has 1 aromatic rings. The van der Waals surface area contributed by atoms with Crippen LogP contribution >= 0.6 is 0 Å². The van der Waals surface area contributed by atoms with Gasteiger partial charge in [0.15, 0.2) is 6.10 Å². The lowest BCUT2D eigenvalue weighted by Gasteiger charge is -2.25. The summed E-state index contributed by atoms with van der Waals surface area (Å²) in [7, 11) is 0. The van der Waals surface area contributed by atoms with Gasteiger partial charge < -0.3 is 20.7 Å². The zero-order valence-electron chi connectivity index (χ0n) is 11.9. The van der Waals surface area contributed by atoms with Gasteiger partial charge in [-0.25, -0.2) is 0 Å². The third kappa shape index (κ3) is 3.55. The number of ether oxygens (including phenoxy) is 1. The number of hydrogen-bond donors (Lipinski definition) is 3.